The maximum absolute atomic E-state index is 12.4. The fraction of sp³-hybridized carbons (Fsp3) is 0.227. The average molecular weight is 391 g/mol. The molecule has 2 aromatic carbocycles. The maximum atomic E-state index is 12.4. The Kier molecular flexibility index (Phi) is 6.29. The molecule has 0 bridgehead atoms. The zero-order valence-electron chi connectivity index (χ0n) is 17.0. The smallest absolute Gasteiger partial charge is 0.275 e. The first-order valence-corrected chi connectivity index (χ1v) is 9.36. The third-order valence-electron chi connectivity index (χ3n) is 4.04. The van der Waals surface area contributed by atoms with Crippen LogP contribution < -0.4 is 20.3 Å². The van der Waals surface area contributed by atoms with E-state index in [4.69, 9.17) is 4.74 Å². The number of ether oxygens (including phenoxy) is 1. The maximum Gasteiger partial charge on any atom is 0.275 e. The van der Waals surface area contributed by atoms with Gasteiger partial charge in [0.15, 0.2) is 0 Å². The summed E-state index contributed by atoms with van der Waals surface area (Å²) in [7, 11) is 3.93. The van der Waals surface area contributed by atoms with E-state index in [0.29, 0.717) is 11.5 Å². The van der Waals surface area contributed by atoms with Crippen molar-refractivity contribution in [3.05, 3.63) is 66.6 Å². The number of hydrogen-bond donors (Lipinski definition) is 2. The topological polar surface area (TPSA) is 79.4 Å². The van der Waals surface area contributed by atoms with Crippen molar-refractivity contribution in [2.45, 2.75) is 20.0 Å². The minimum atomic E-state index is -0.315. The van der Waals surface area contributed by atoms with Crippen molar-refractivity contribution in [1.29, 1.82) is 0 Å². The highest BCUT2D eigenvalue weighted by Crippen LogP contribution is 2.27. The van der Waals surface area contributed by atoms with Crippen LogP contribution >= 0.6 is 0 Å². The Morgan fingerprint density at radius 3 is 2.34 bits per heavy atom. The van der Waals surface area contributed by atoms with Crippen LogP contribution in [0.2, 0.25) is 0 Å². The summed E-state index contributed by atoms with van der Waals surface area (Å²) in [5.41, 5.74) is 2.77. The molecule has 7 nitrogen and oxygen atoms in total. The number of rotatable bonds is 7. The molecule has 0 saturated heterocycles. The molecule has 2 N–H and O–H groups in total. The summed E-state index contributed by atoms with van der Waals surface area (Å²) < 4.78 is 5.79. The largest absolute Gasteiger partial charge is 0.489 e. The lowest BCUT2D eigenvalue weighted by atomic mass is 10.2. The zero-order valence-corrected chi connectivity index (χ0v) is 17.0. The summed E-state index contributed by atoms with van der Waals surface area (Å²) in [5, 5.41) is 6.00. The van der Waals surface area contributed by atoms with Crippen LogP contribution in [0.4, 0.5) is 22.9 Å². The molecule has 1 amide bonds. The number of amides is 1. The van der Waals surface area contributed by atoms with Crippen molar-refractivity contribution in [3.63, 3.8) is 0 Å². The Morgan fingerprint density at radius 2 is 1.72 bits per heavy atom. The highest BCUT2D eigenvalue weighted by molar-refractivity contribution is 6.02. The van der Waals surface area contributed by atoms with Gasteiger partial charge in [0, 0.05) is 25.5 Å². The van der Waals surface area contributed by atoms with E-state index < -0.39 is 0 Å². The number of anilines is 4. The van der Waals surface area contributed by atoms with Crippen LogP contribution in [0.1, 0.15) is 24.3 Å². The molecular formula is C22H25N5O2. The van der Waals surface area contributed by atoms with E-state index in [2.05, 4.69) is 20.6 Å². The van der Waals surface area contributed by atoms with E-state index in [1.54, 1.807) is 0 Å². The highest BCUT2D eigenvalue weighted by Gasteiger charge is 2.10. The number of para-hydroxylation sites is 2. The van der Waals surface area contributed by atoms with E-state index in [-0.39, 0.29) is 17.7 Å². The van der Waals surface area contributed by atoms with Gasteiger partial charge in [-0.2, -0.15) is 0 Å². The molecule has 0 saturated carbocycles. The zero-order chi connectivity index (χ0) is 20.8. The molecule has 0 aliphatic carbocycles. The number of carbonyl (C=O) groups excluding carboxylic acids is 1. The molecule has 3 aromatic rings. The van der Waals surface area contributed by atoms with Crippen LogP contribution in [0.15, 0.2) is 60.9 Å². The van der Waals surface area contributed by atoms with E-state index in [0.717, 1.165) is 17.1 Å². The van der Waals surface area contributed by atoms with Crippen molar-refractivity contribution < 1.29 is 9.53 Å². The second-order valence-electron chi connectivity index (χ2n) is 6.97. The van der Waals surface area contributed by atoms with E-state index in [1.807, 2.05) is 81.4 Å². The molecule has 7 heteroatoms. The average Bonchev–Trinajstić information content (AvgIpc) is 2.70. The highest BCUT2D eigenvalue weighted by atomic mass is 16.5. The standard InChI is InChI=1S/C22H25N5O2/c1-15(2)29-20-8-6-5-7-18(20)26-21-14-23-19(13-24-21)22(28)25-16-9-11-17(12-10-16)27(3)4/h5-15H,1-4H3,(H,24,26)(H,25,28). The van der Waals surface area contributed by atoms with E-state index in [1.165, 1.54) is 12.4 Å². The molecule has 0 atom stereocenters. The minimum Gasteiger partial charge on any atom is -0.489 e. The lowest BCUT2D eigenvalue weighted by Gasteiger charge is -2.15. The molecule has 0 spiro atoms. The summed E-state index contributed by atoms with van der Waals surface area (Å²) in [6.45, 7) is 3.94. The van der Waals surface area contributed by atoms with Gasteiger partial charge in [-0.05, 0) is 50.2 Å². The predicted molar refractivity (Wildman–Crippen MR) is 116 cm³/mol. The number of hydrogen-bond acceptors (Lipinski definition) is 6. The molecule has 0 aliphatic rings. The number of nitrogens with zero attached hydrogens (tertiary/aromatic N) is 3. The molecule has 0 radical (unpaired) electrons. The Bertz CT molecular complexity index is 954. The van der Waals surface area contributed by atoms with Crippen molar-refractivity contribution in [3.8, 4) is 5.75 Å². The molecule has 29 heavy (non-hydrogen) atoms. The third kappa shape index (κ3) is 5.44. The van der Waals surface area contributed by atoms with Crippen molar-refractivity contribution >= 4 is 28.8 Å². The summed E-state index contributed by atoms with van der Waals surface area (Å²) in [6.07, 6.45) is 3.02. The fourth-order valence-corrected chi connectivity index (χ4v) is 2.61. The lowest BCUT2D eigenvalue weighted by Crippen LogP contribution is -2.14. The van der Waals surface area contributed by atoms with Gasteiger partial charge in [0.25, 0.3) is 5.91 Å². The van der Waals surface area contributed by atoms with Crippen LogP contribution in [-0.4, -0.2) is 36.1 Å². The SMILES string of the molecule is CC(C)Oc1ccccc1Nc1cnc(C(=O)Nc2ccc(N(C)C)cc2)cn1. The number of aromatic nitrogens is 2. The van der Waals surface area contributed by atoms with Crippen LogP contribution in [0.3, 0.4) is 0 Å². The van der Waals surface area contributed by atoms with Crippen LogP contribution in [-0.2, 0) is 0 Å². The van der Waals surface area contributed by atoms with Gasteiger partial charge in [0.1, 0.15) is 17.3 Å². The number of nitrogens with one attached hydrogen (secondary N) is 2. The monoisotopic (exact) mass is 391 g/mol. The molecule has 1 aromatic heterocycles. The van der Waals surface area contributed by atoms with Crippen molar-refractivity contribution in [2.24, 2.45) is 0 Å². The van der Waals surface area contributed by atoms with Gasteiger partial charge in [-0.15, -0.1) is 0 Å². The normalized spacial score (nSPS) is 10.5. The molecule has 0 fully saturated rings. The van der Waals surface area contributed by atoms with Gasteiger partial charge in [0.05, 0.1) is 24.2 Å². The van der Waals surface area contributed by atoms with Gasteiger partial charge in [-0.3, -0.25) is 4.79 Å². The first-order chi connectivity index (χ1) is 13.9. The van der Waals surface area contributed by atoms with Crippen molar-refractivity contribution in [2.75, 3.05) is 29.6 Å². The molecular weight excluding hydrogens is 366 g/mol. The molecule has 0 aliphatic heterocycles. The second-order valence-corrected chi connectivity index (χ2v) is 6.97. The minimum absolute atomic E-state index is 0.0573. The van der Waals surface area contributed by atoms with Gasteiger partial charge in [0.2, 0.25) is 0 Å². The first-order valence-electron chi connectivity index (χ1n) is 9.36. The Morgan fingerprint density at radius 1 is 1.00 bits per heavy atom. The molecule has 150 valence electrons. The van der Waals surface area contributed by atoms with Crippen LogP contribution in [0.5, 0.6) is 5.75 Å². The van der Waals surface area contributed by atoms with E-state index in [9.17, 15) is 4.79 Å². The Balaban J connectivity index is 1.66. The second kappa shape index (κ2) is 9.05. The van der Waals surface area contributed by atoms with Crippen molar-refractivity contribution in [1.82, 2.24) is 9.97 Å². The predicted octanol–water partition coefficient (Wildman–Crippen LogP) is 4.33. The number of carbonyl (C=O) groups is 1. The van der Waals surface area contributed by atoms with Gasteiger partial charge >= 0.3 is 0 Å². The molecule has 0 unspecified atom stereocenters. The van der Waals surface area contributed by atoms with Gasteiger partial charge in [-0.25, -0.2) is 9.97 Å². The van der Waals surface area contributed by atoms with E-state index >= 15 is 0 Å². The fourth-order valence-electron chi connectivity index (χ4n) is 2.61. The summed E-state index contributed by atoms with van der Waals surface area (Å²) in [5.74, 6) is 0.939. The third-order valence-corrected chi connectivity index (χ3v) is 4.04. The molecule has 1 heterocycles. The summed E-state index contributed by atoms with van der Waals surface area (Å²) in [4.78, 5) is 22.9. The van der Waals surface area contributed by atoms with Gasteiger partial charge in [-0.1, -0.05) is 12.1 Å². The molecule has 3 rings (SSSR count). The van der Waals surface area contributed by atoms with Gasteiger partial charge < -0.3 is 20.3 Å². The number of benzene rings is 2. The summed E-state index contributed by atoms with van der Waals surface area (Å²) in [6, 6.07) is 15.2. The quantitative estimate of drug-likeness (QED) is 0.624. The van der Waals surface area contributed by atoms with Crippen LogP contribution in [0.25, 0.3) is 0 Å². The Labute approximate surface area is 170 Å². The first kappa shape index (κ1) is 20.1. The summed E-state index contributed by atoms with van der Waals surface area (Å²) >= 11 is 0. The lowest BCUT2D eigenvalue weighted by molar-refractivity contribution is 0.102. The van der Waals surface area contributed by atoms with Crippen LogP contribution in [0, 0.1) is 0 Å². The Hall–Kier alpha value is -3.61.